The maximum Gasteiger partial charge on any atom is 0.253 e. The molecule has 296 valence electrons. The van der Waals surface area contributed by atoms with Gasteiger partial charge in [-0.3, -0.25) is 9.59 Å². The van der Waals surface area contributed by atoms with Crippen LogP contribution in [0.25, 0.3) is 55.6 Å². The molecule has 2 aliphatic heterocycles. The monoisotopic (exact) mass is 878 g/mol. The summed E-state index contributed by atoms with van der Waals surface area (Å²) in [5.41, 5.74) is 8.20. The van der Waals surface area contributed by atoms with Crippen LogP contribution < -0.4 is 10.6 Å². The van der Waals surface area contributed by atoms with E-state index in [1.807, 2.05) is 48.5 Å². The van der Waals surface area contributed by atoms with Crippen molar-refractivity contribution in [3.8, 4) is 33.8 Å². The molecule has 2 aliphatic rings. The highest BCUT2D eigenvalue weighted by atomic mass is 79.9. The quantitative estimate of drug-likeness (QED) is 0.0801. The number of fused-ring (bicyclic) bond motifs is 4. The Morgan fingerprint density at radius 2 is 1.05 bits per heavy atom. The molecular formula is C45H32BrClF4N6O2. The van der Waals surface area contributed by atoms with E-state index in [1.54, 1.807) is 24.3 Å². The molecule has 8 nitrogen and oxygen atoms in total. The first kappa shape index (κ1) is 39.5. The summed E-state index contributed by atoms with van der Waals surface area (Å²) < 4.78 is 53.6. The van der Waals surface area contributed by atoms with Gasteiger partial charge in [0.2, 0.25) is 0 Å². The van der Waals surface area contributed by atoms with Crippen molar-refractivity contribution in [1.82, 2.24) is 30.6 Å². The average Bonchev–Trinajstić information content (AvgIpc) is 3.88. The van der Waals surface area contributed by atoms with Gasteiger partial charge < -0.3 is 20.6 Å². The summed E-state index contributed by atoms with van der Waals surface area (Å²) in [6.07, 6.45) is 1.55. The molecule has 0 radical (unpaired) electrons. The molecule has 59 heavy (non-hydrogen) atoms. The number of H-pyrrole nitrogens is 2. The number of aromatic nitrogens is 4. The van der Waals surface area contributed by atoms with Crippen LogP contribution in [0.2, 0.25) is 5.15 Å². The standard InChI is InChI=1S/C22H15F2N3O.C16H12ClN3O.C7H5BrF2/c23-15-5-2-6-16(24)20(15)18-8-7-12-3-1-4-13(21(12)27-18)19-11-14-17(26-19)9-10-25-22(14)28;17-14-5-4-9-2-1-3-10(15(9)20-14)13-8-11-12(19-13)6-7-18-16(11)21;8-4-5-6(9)2-1-3-7(5)10/h1-8,11,26H,9-10H2,(H,25,28);1-5,8,19H,6-7H2,(H,18,21);1-3H,4H2. The summed E-state index contributed by atoms with van der Waals surface area (Å²) in [6.45, 7) is 1.27. The van der Waals surface area contributed by atoms with Gasteiger partial charge in [0.15, 0.2) is 0 Å². The Labute approximate surface area is 348 Å². The molecule has 0 fully saturated rings. The van der Waals surface area contributed by atoms with Gasteiger partial charge >= 0.3 is 0 Å². The Hall–Kier alpha value is -6.31. The van der Waals surface area contributed by atoms with E-state index in [9.17, 15) is 27.2 Å². The van der Waals surface area contributed by atoms with Gasteiger partial charge in [-0.1, -0.05) is 82.1 Å². The van der Waals surface area contributed by atoms with Crippen LogP contribution in [0.15, 0.2) is 109 Å². The fourth-order valence-electron chi connectivity index (χ4n) is 7.12. The molecule has 14 heteroatoms. The number of rotatable bonds is 4. The van der Waals surface area contributed by atoms with E-state index in [0.29, 0.717) is 29.3 Å². The Balaban J connectivity index is 0.000000137. The molecule has 4 N–H and O–H groups in total. The first-order valence-electron chi connectivity index (χ1n) is 18.5. The molecular weight excluding hydrogens is 848 g/mol. The topological polar surface area (TPSA) is 116 Å². The number of carbonyl (C=O) groups excluding carboxylic acids is 2. The summed E-state index contributed by atoms with van der Waals surface area (Å²) in [5.74, 6) is -2.45. The smallest absolute Gasteiger partial charge is 0.253 e. The van der Waals surface area contributed by atoms with E-state index < -0.39 is 23.3 Å². The van der Waals surface area contributed by atoms with Crippen LogP contribution in [-0.4, -0.2) is 44.8 Å². The van der Waals surface area contributed by atoms with Gasteiger partial charge in [-0.15, -0.1) is 0 Å². The zero-order chi connectivity index (χ0) is 41.2. The number of hydrogen-bond acceptors (Lipinski definition) is 4. The van der Waals surface area contributed by atoms with Crippen molar-refractivity contribution < 1.29 is 27.2 Å². The van der Waals surface area contributed by atoms with E-state index in [-0.39, 0.29) is 34.0 Å². The van der Waals surface area contributed by atoms with E-state index >= 15 is 0 Å². The third-order valence-corrected chi connectivity index (χ3v) is 10.8. The van der Waals surface area contributed by atoms with Crippen LogP contribution in [0.5, 0.6) is 0 Å². The normalized spacial score (nSPS) is 13.1. The van der Waals surface area contributed by atoms with Gasteiger partial charge in [0.25, 0.3) is 11.8 Å². The average molecular weight is 880 g/mol. The number of para-hydroxylation sites is 2. The predicted octanol–water partition coefficient (Wildman–Crippen LogP) is 10.5. The Bertz CT molecular complexity index is 2870. The number of amides is 2. The van der Waals surface area contributed by atoms with Crippen molar-refractivity contribution >= 4 is 61.2 Å². The number of hydrogen-bond donors (Lipinski definition) is 4. The summed E-state index contributed by atoms with van der Waals surface area (Å²) in [6, 6.07) is 30.0. The van der Waals surface area contributed by atoms with Crippen LogP contribution in [-0.2, 0) is 18.2 Å². The second-order valence-electron chi connectivity index (χ2n) is 13.7. The van der Waals surface area contributed by atoms with Gasteiger partial charge in [0, 0.05) is 81.5 Å². The summed E-state index contributed by atoms with van der Waals surface area (Å²) >= 11 is 9.00. The number of nitrogens with one attached hydrogen (secondary N) is 4. The summed E-state index contributed by atoms with van der Waals surface area (Å²) in [4.78, 5) is 39.6. The minimum atomic E-state index is -0.656. The molecule has 4 aromatic carbocycles. The van der Waals surface area contributed by atoms with Crippen molar-refractivity contribution in [2.45, 2.75) is 18.2 Å². The number of halogens is 6. The minimum absolute atomic E-state index is 0.0232. The van der Waals surface area contributed by atoms with Crippen molar-refractivity contribution in [1.29, 1.82) is 0 Å². The number of aromatic amines is 2. The van der Waals surface area contributed by atoms with Gasteiger partial charge in [-0.2, -0.15) is 0 Å². The lowest BCUT2D eigenvalue weighted by molar-refractivity contribution is 0.0937. The molecule has 0 saturated heterocycles. The SMILES string of the molecule is Fc1cccc(F)c1CBr.O=C1NCCc2[nH]c(-c3cccc4ccc(-c5c(F)cccc5F)nc34)cc21.O=C1NCCc2[nH]c(-c3cccc4ccc(Cl)nc34)cc21. The van der Waals surface area contributed by atoms with Gasteiger partial charge in [0.1, 0.15) is 28.4 Å². The molecule has 8 aromatic rings. The molecule has 0 saturated carbocycles. The maximum absolute atomic E-state index is 14.2. The lowest BCUT2D eigenvalue weighted by Gasteiger charge is -2.11. The number of carbonyl (C=O) groups is 2. The van der Waals surface area contributed by atoms with Gasteiger partial charge in [-0.25, -0.2) is 27.5 Å². The molecule has 0 atom stereocenters. The number of alkyl halides is 1. The van der Waals surface area contributed by atoms with Crippen molar-refractivity contribution in [3.05, 3.63) is 166 Å². The lowest BCUT2D eigenvalue weighted by Crippen LogP contribution is -2.31. The zero-order valence-electron chi connectivity index (χ0n) is 30.9. The third kappa shape index (κ3) is 8.08. The highest BCUT2D eigenvalue weighted by Gasteiger charge is 2.23. The van der Waals surface area contributed by atoms with E-state index in [1.165, 1.54) is 36.4 Å². The first-order valence-corrected chi connectivity index (χ1v) is 20.0. The molecule has 2 amide bonds. The molecule has 0 unspecified atom stereocenters. The van der Waals surface area contributed by atoms with Crippen molar-refractivity contribution in [2.75, 3.05) is 13.1 Å². The molecule has 6 heterocycles. The molecule has 0 spiro atoms. The van der Waals surface area contributed by atoms with Gasteiger partial charge in [0.05, 0.1) is 33.4 Å². The largest absolute Gasteiger partial charge is 0.358 e. The highest BCUT2D eigenvalue weighted by Crippen LogP contribution is 2.33. The second kappa shape index (κ2) is 16.9. The van der Waals surface area contributed by atoms with Crippen LogP contribution >= 0.6 is 27.5 Å². The first-order chi connectivity index (χ1) is 28.6. The van der Waals surface area contributed by atoms with Crippen LogP contribution in [0.3, 0.4) is 0 Å². The van der Waals surface area contributed by atoms with E-state index in [4.69, 9.17) is 11.6 Å². The summed E-state index contributed by atoms with van der Waals surface area (Å²) in [5, 5.41) is 8.22. The summed E-state index contributed by atoms with van der Waals surface area (Å²) in [7, 11) is 0. The Kier molecular flexibility index (Phi) is 11.3. The van der Waals surface area contributed by atoms with Crippen molar-refractivity contribution in [2.24, 2.45) is 0 Å². The number of nitrogens with zero attached hydrogens (tertiary/aromatic N) is 2. The fourth-order valence-corrected chi connectivity index (χ4v) is 7.81. The second-order valence-corrected chi connectivity index (χ2v) is 14.6. The Morgan fingerprint density at radius 3 is 1.54 bits per heavy atom. The maximum atomic E-state index is 14.2. The van der Waals surface area contributed by atoms with Crippen molar-refractivity contribution in [3.63, 3.8) is 0 Å². The van der Waals surface area contributed by atoms with E-state index in [0.717, 1.165) is 68.6 Å². The molecule has 10 rings (SSSR count). The van der Waals surface area contributed by atoms with E-state index in [2.05, 4.69) is 46.5 Å². The molecule has 0 bridgehead atoms. The van der Waals surface area contributed by atoms with Crippen LogP contribution in [0.1, 0.15) is 37.7 Å². The predicted molar refractivity (Wildman–Crippen MR) is 224 cm³/mol. The fraction of sp³-hybridized carbons (Fsp3) is 0.111. The minimum Gasteiger partial charge on any atom is -0.358 e. The third-order valence-electron chi connectivity index (χ3n) is 10.0. The Morgan fingerprint density at radius 1 is 0.576 bits per heavy atom. The highest BCUT2D eigenvalue weighted by molar-refractivity contribution is 9.08. The zero-order valence-corrected chi connectivity index (χ0v) is 33.2. The lowest BCUT2D eigenvalue weighted by atomic mass is 10.0. The van der Waals surface area contributed by atoms with Crippen LogP contribution in [0.4, 0.5) is 17.6 Å². The van der Waals surface area contributed by atoms with Gasteiger partial charge in [-0.05, 0) is 54.6 Å². The number of benzene rings is 4. The number of pyridine rings is 2. The van der Waals surface area contributed by atoms with Crippen LogP contribution in [0, 0.1) is 23.3 Å². The molecule has 4 aromatic heterocycles. The molecule has 0 aliphatic carbocycles.